The Kier molecular flexibility index (Phi) is 5.41. The molecular formula is C14H15NO3. The van der Waals surface area contributed by atoms with Crippen molar-refractivity contribution in [3.63, 3.8) is 0 Å². The van der Waals surface area contributed by atoms with Crippen LogP contribution in [0.3, 0.4) is 0 Å². The summed E-state index contributed by atoms with van der Waals surface area (Å²) < 4.78 is 0. The van der Waals surface area contributed by atoms with Crippen molar-refractivity contribution in [2.75, 3.05) is 0 Å². The molecule has 0 spiro atoms. The molecule has 0 aromatic heterocycles. The average Bonchev–Trinajstić information content (AvgIpc) is 2.39. The molecule has 94 valence electrons. The van der Waals surface area contributed by atoms with Crippen LogP contribution in [0.25, 0.3) is 0 Å². The third-order valence-corrected chi connectivity index (χ3v) is 2.32. The van der Waals surface area contributed by atoms with Gasteiger partial charge in [-0.3, -0.25) is 0 Å². The van der Waals surface area contributed by atoms with Gasteiger partial charge in [0, 0.05) is 0 Å². The maximum absolute atomic E-state index is 8.56. The van der Waals surface area contributed by atoms with E-state index in [4.69, 9.17) is 20.7 Å². The zero-order valence-electron chi connectivity index (χ0n) is 9.73. The van der Waals surface area contributed by atoms with E-state index < -0.39 is 6.16 Å². The average molecular weight is 245 g/mol. The van der Waals surface area contributed by atoms with Gasteiger partial charge < -0.3 is 15.9 Å². The maximum Gasteiger partial charge on any atom is 0.503 e. The monoisotopic (exact) mass is 245 g/mol. The third kappa shape index (κ3) is 4.67. The summed E-state index contributed by atoms with van der Waals surface area (Å²) in [6.07, 6.45) is -1.83. The van der Waals surface area contributed by atoms with E-state index in [1.54, 1.807) is 0 Å². The van der Waals surface area contributed by atoms with Crippen molar-refractivity contribution in [3.8, 4) is 0 Å². The number of nitrogens with two attached hydrogens (primary N) is 1. The molecule has 4 N–H and O–H groups in total. The van der Waals surface area contributed by atoms with Gasteiger partial charge >= 0.3 is 6.16 Å². The molecule has 0 aliphatic heterocycles. The van der Waals surface area contributed by atoms with E-state index in [1.807, 2.05) is 36.4 Å². The lowest BCUT2D eigenvalue weighted by Gasteiger charge is -2.11. The second-order valence-electron chi connectivity index (χ2n) is 3.58. The molecule has 0 unspecified atom stereocenters. The highest BCUT2D eigenvalue weighted by molar-refractivity contribution is 5.53. The van der Waals surface area contributed by atoms with Gasteiger partial charge in [0.25, 0.3) is 0 Å². The molecule has 0 saturated carbocycles. The summed E-state index contributed by atoms with van der Waals surface area (Å²) in [5.41, 5.74) is 8.42. The Morgan fingerprint density at radius 1 is 0.833 bits per heavy atom. The van der Waals surface area contributed by atoms with Crippen molar-refractivity contribution in [1.29, 1.82) is 0 Å². The van der Waals surface area contributed by atoms with Crippen LogP contribution in [0.15, 0.2) is 60.7 Å². The highest BCUT2D eigenvalue weighted by atomic mass is 16.6. The van der Waals surface area contributed by atoms with Crippen molar-refractivity contribution < 1.29 is 15.0 Å². The molecule has 0 amide bonds. The molecule has 0 heterocycles. The fourth-order valence-electron chi connectivity index (χ4n) is 1.51. The fourth-order valence-corrected chi connectivity index (χ4v) is 1.51. The van der Waals surface area contributed by atoms with Gasteiger partial charge in [0.15, 0.2) is 0 Å². The lowest BCUT2D eigenvalue weighted by molar-refractivity contribution is 0.137. The Hall–Kier alpha value is -2.33. The first kappa shape index (κ1) is 13.7. The van der Waals surface area contributed by atoms with Crippen LogP contribution in [0.2, 0.25) is 0 Å². The molecule has 18 heavy (non-hydrogen) atoms. The van der Waals surface area contributed by atoms with Crippen LogP contribution in [-0.2, 0) is 0 Å². The number of carbonyl (C=O) groups is 1. The number of carboxylic acid groups (broad SMARTS) is 2. The molecular weight excluding hydrogens is 230 g/mol. The molecule has 2 aromatic rings. The Balaban J connectivity index is 0.000000357. The molecule has 0 radical (unpaired) electrons. The van der Waals surface area contributed by atoms with E-state index in [0.717, 1.165) is 11.1 Å². The molecule has 0 aliphatic rings. The highest BCUT2D eigenvalue weighted by Gasteiger charge is 2.06. The summed E-state index contributed by atoms with van der Waals surface area (Å²) in [6.45, 7) is 0. The van der Waals surface area contributed by atoms with Crippen molar-refractivity contribution >= 4 is 6.16 Å². The van der Waals surface area contributed by atoms with Crippen molar-refractivity contribution in [3.05, 3.63) is 71.8 Å². The molecule has 4 nitrogen and oxygen atoms in total. The van der Waals surface area contributed by atoms with Crippen LogP contribution in [0.1, 0.15) is 17.2 Å². The summed E-state index contributed by atoms with van der Waals surface area (Å²) in [5, 5.41) is 13.9. The molecule has 0 bridgehead atoms. The molecule has 0 aliphatic carbocycles. The molecule has 2 aromatic carbocycles. The standard InChI is InChI=1S/C13H13N.CH2O3/c14-13(11-7-3-1-4-8-11)12-9-5-2-6-10-12;2-1(3)4/h1-10,13H,14H2;(H2,2,3,4). The minimum Gasteiger partial charge on any atom is -0.450 e. The van der Waals surface area contributed by atoms with Gasteiger partial charge in [0.1, 0.15) is 0 Å². The smallest absolute Gasteiger partial charge is 0.450 e. The summed E-state index contributed by atoms with van der Waals surface area (Å²) in [6, 6.07) is 20.2. The van der Waals surface area contributed by atoms with Crippen LogP contribution in [-0.4, -0.2) is 16.4 Å². The van der Waals surface area contributed by atoms with Gasteiger partial charge in [0.05, 0.1) is 6.04 Å². The zero-order chi connectivity index (χ0) is 13.4. The molecule has 2 rings (SSSR count). The largest absolute Gasteiger partial charge is 0.503 e. The first-order valence-electron chi connectivity index (χ1n) is 5.38. The Bertz CT molecular complexity index is 427. The Morgan fingerprint density at radius 2 is 1.11 bits per heavy atom. The van der Waals surface area contributed by atoms with Gasteiger partial charge in [-0.25, -0.2) is 4.79 Å². The predicted octanol–water partition coefficient (Wildman–Crippen LogP) is 2.96. The van der Waals surface area contributed by atoms with Gasteiger partial charge in [-0.05, 0) is 11.1 Å². The van der Waals surface area contributed by atoms with Crippen molar-refractivity contribution in [2.45, 2.75) is 6.04 Å². The molecule has 0 atom stereocenters. The quantitative estimate of drug-likeness (QED) is 0.759. The second-order valence-corrected chi connectivity index (χ2v) is 3.58. The predicted molar refractivity (Wildman–Crippen MR) is 69.6 cm³/mol. The number of benzene rings is 2. The summed E-state index contributed by atoms with van der Waals surface area (Å²) in [5.74, 6) is 0. The third-order valence-electron chi connectivity index (χ3n) is 2.32. The highest BCUT2D eigenvalue weighted by Crippen LogP contribution is 2.18. The van der Waals surface area contributed by atoms with Crippen LogP contribution in [0.4, 0.5) is 4.79 Å². The van der Waals surface area contributed by atoms with Crippen LogP contribution >= 0.6 is 0 Å². The second kappa shape index (κ2) is 7.09. The van der Waals surface area contributed by atoms with Gasteiger partial charge in [-0.2, -0.15) is 0 Å². The lowest BCUT2D eigenvalue weighted by Crippen LogP contribution is -2.11. The molecule has 0 saturated heterocycles. The van der Waals surface area contributed by atoms with Crippen LogP contribution in [0, 0.1) is 0 Å². The van der Waals surface area contributed by atoms with Crippen LogP contribution < -0.4 is 5.73 Å². The van der Waals surface area contributed by atoms with Gasteiger partial charge in [-0.15, -0.1) is 0 Å². The van der Waals surface area contributed by atoms with Crippen molar-refractivity contribution in [2.24, 2.45) is 5.73 Å². The van der Waals surface area contributed by atoms with Crippen molar-refractivity contribution in [1.82, 2.24) is 0 Å². The minimum atomic E-state index is -1.83. The topological polar surface area (TPSA) is 83.6 Å². The van der Waals surface area contributed by atoms with E-state index in [0.29, 0.717) is 0 Å². The van der Waals surface area contributed by atoms with E-state index in [-0.39, 0.29) is 6.04 Å². The Labute approximate surface area is 105 Å². The maximum atomic E-state index is 8.56. The minimum absolute atomic E-state index is 0.0163. The van der Waals surface area contributed by atoms with E-state index in [9.17, 15) is 0 Å². The molecule has 0 fully saturated rings. The summed E-state index contributed by atoms with van der Waals surface area (Å²) >= 11 is 0. The van der Waals surface area contributed by atoms with E-state index in [2.05, 4.69) is 24.3 Å². The lowest BCUT2D eigenvalue weighted by atomic mass is 10.00. The normalized spacial score (nSPS) is 9.44. The number of rotatable bonds is 2. The zero-order valence-corrected chi connectivity index (χ0v) is 9.73. The number of hydrogen-bond acceptors (Lipinski definition) is 2. The van der Waals surface area contributed by atoms with E-state index >= 15 is 0 Å². The first-order valence-corrected chi connectivity index (χ1v) is 5.38. The summed E-state index contributed by atoms with van der Waals surface area (Å²) in [4.78, 5) is 8.56. The molecule has 4 heteroatoms. The van der Waals surface area contributed by atoms with Crippen LogP contribution in [0.5, 0.6) is 0 Å². The summed E-state index contributed by atoms with van der Waals surface area (Å²) in [7, 11) is 0. The van der Waals surface area contributed by atoms with Gasteiger partial charge in [0.2, 0.25) is 0 Å². The SMILES string of the molecule is NC(c1ccccc1)c1ccccc1.O=C(O)O. The number of hydrogen-bond donors (Lipinski definition) is 3. The first-order chi connectivity index (χ1) is 8.61. The Morgan fingerprint density at radius 3 is 1.39 bits per heavy atom. The van der Waals surface area contributed by atoms with E-state index in [1.165, 1.54) is 0 Å². The van der Waals surface area contributed by atoms with Gasteiger partial charge in [-0.1, -0.05) is 60.7 Å². The fraction of sp³-hybridized carbons (Fsp3) is 0.0714.